The van der Waals surface area contributed by atoms with Crippen molar-refractivity contribution in [1.82, 2.24) is 10.6 Å². The van der Waals surface area contributed by atoms with E-state index in [-0.39, 0.29) is 11.7 Å². The van der Waals surface area contributed by atoms with Gasteiger partial charge in [-0.1, -0.05) is 6.07 Å². The van der Waals surface area contributed by atoms with Gasteiger partial charge in [0.2, 0.25) is 0 Å². The summed E-state index contributed by atoms with van der Waals surface area (Å²) in [6.07, 6.45) is 0.814. The highest BCUT2D eigenvalue weighted by Crippen LogP contribution is 2.26. The highest BCUT2D eigenvalue weighted by Gasteiger charge is 2.26. The molecule has 1 aromatic rings. The Morgan fingerprint density at radius 3 is 2.63 bits per heavy atom. The van der Waals surface area contributed by atoms with Crippen LogP contribution in [0.3, 0.4) is 0 Å². The molecule has 0 aromatic heterocycles. The van der Waals surface area contributed by atoms with Gasteiger partial charge in [-0.05, 0) is 18.6 Å². The van der Waals surface area contributed by atoms with Gasteiger partial charge in [-0.3, -0.25) is 4.99 Å². The lowest BCUT2D eigenvalue weighted by Crippen LogP contribution is -2.43. The fraction of sp³-hybridized carbons (Fsp3) is 0.462. The maximum absolute atomic E-state index is 13.7. The molecule has 6 heteroatoms. The minimum Gasteiger partial charge on any atom is -0.365 e. The zero-order valence-corrected chi connectivity index (χ0v) is 11.1. The van der Waals surface area contributed by atoms with E-state index in [1.54, 1.807) is 19.0 Å². The normalized spacial score (nSPS) is 19.7. The molecule has 0 amide bonds. The van der Waals surface area contributed by atoms with Crippen LogP contribution in [-0.4, -0.2) is 39.2 Å². The van der Waals surface area contributed by atoms with E-state index in [0.717, 1.165) is 6.42 Å². The number of hydrogen-bond acceptors (Lipinski definition) is 2. The van der Waals surface area contributed by atoms with Crippen LogP contribution in [0.25, 0.3) is 0 Å². The summed E-state index contributed by atoms with van der Waals surface area (Å²) in [4.78, 5) is 5.76. The summed E-state index contributed by atoms with van der Waals surface area (Å²) in [6, 6.07) is 4.07. The molecule has 1 unspecified atom stereocenters. The number of para-hydroxylation sites is 1. The van der Waals surface area contributed by atoms with E-state index in [0.29, 0.717) is 19.0 Å². The molecule has 1 aromatic carbocycles. The highest BCUT2D eigenvalue weighted by atomic mass is 19.1. The number of halogens is 2. The highest BCUT2D eigenvalue weighted by molar-refractivity contribution is 5.79. The quantitative estimate of drug-likeness (QED) is 0.628. The van der Waals surface area contributed by atoms with Crippen LogP contribution in [0.2, 0.25) is 0 Å². The van der Waals surface area contributed by atoms with Gasteiger partial charge in [0.05, 0.1) is 0 Å². The van der Waals surface area contributed by atoms with Crippen LogP contribution in [0.1, 0.15) is 6.42 Å². The van der Waals surface area contributed by atoms with Crippen molar-refractivity contribution in [1.29, 1.82) is 0 Å². The van der Waals surface area contributed by atoms with E-state index in [2.05, 4.69) is 15.6 Å². The second-order valence-electron chi connectivity index (χ2n) is 4.47. The van der Waals surface area contributed by atoms with E-state index in [9.17, 15) is 8.78 Å². The van der Waals surface area contributed by atoms with Crippen molar-refractivity contribution in [2.75, 3.05) is 32.1 Å². The number of hydrogen-bond donors (Lipinski definition) is 2. The summed E-state index contributed by atoms with van der Waals surface area (Å²) in [6.45, 7) is 1.18. The topological polar surface area (TPSA) is 39.7 Å². The predicted molar refractivity (Wildman–Crippen MR) is 72.5 cm³/mol. The van der Waals surface area contributed by atoms with Crippen LogP contribution < -0.4 is 15.5 Å². The number of guanidine groups is 1. The Hall–Kier alpha value is -1.85. The maximum atomic E-state index is 13.7. The van der Waals surface area contributed by atoms with Crippen molar-refractivity contribution in [2.45, 2.75) is 12.5 Å². The summed E-state index contributed by atoms with van der Waals surface area (Å²) in [5.41, 5.74) is 0.0613. The predicted octanol–water partition coefficient (Wildman–Crippen LogP) is 1.34. The molecule has 0 spiro atoms. The van der Waals surface area contributed by atoms with Crippen molar-refractivity contribution in [2.24, 2.45) is 4.99 Å². The minimum absolute atomic E-state index is 0.0613. The third-order valence-electron chi connectivity index (χ3n) is 3.24. The second-order valence-corrected chi connectivity index (χ2v) is 4.47. The molecule has 0 saturated carbocycles. The molecule has 0 aliphatic carbocycles. The lowest BCUT2D eigenvalue weighted by Gasteiger charge is -2.20. The van der Waals surface area contributed by atoms with Crippen molar-refractivity contribution in [3.63, 3.8) is 0 Å². The van der Waals surface area contributed by atoms with Crippen LogP contribution in [-0.2, 0) is 0 Å². The van der Waals surface area contributed by atoms with Gasteiger partial charge in [-0.15, -0.1) is 0 Å². The molecule has 104 valence electrons. The molecule has 2 rings (SSSR count). The van der Waals surface area contributed by atoms with Gasteiger partial charge in [0.15, 0.2) is 5.96 Å². The van der Waals surface area contributed by atoms with Gasteiger partial charge in [0.25, 0.3) is 0 Å². The van der Waals surface area contributed by atoms with Crippen LogP contribution in [0, 0.1) is 11.6 Å². The minimum atomic E-state index is -0.515. The summed E-state index contributed by atoms with van der Waals surface area (Å²) < 4.78 is 27.4. The Kier molecular flexibility index (Phi) is 4.19. The van der Waals surface area contributed by atoms with Gasteiger partial charge < -0.3 is 15.5 Å². The van der Waals surface area contributed by atoms with Crippen LogP contribution >= 0.6 is 0 Å². The number of anilines is 1. The standard InChI is InChI=1S/C13H18F2N4/c1-16-13(17-2)18-9-6-7-19(8-9)12-10(14)4-3-5-11(12)15/h3-5,9H,6-8H2,1-2H3,(H2,16,17,18). The van der Waals surface area contributed by atoms with Gasteiger partial charge in [-0.2, -0.15) is 0 Å². The first-order chi connectivity index (χ1) is 9.15. The Morgan fingerprint density at radius 2 is 2.05 bits per heavy atom. The van der Waals surface area contributed by atoms with E-state index in [4.69, 9.17) is 0 Å². The molecule has 0 bridgehead atoms. The van der Waals surface area contributed by atoms with Gasteiger partial charge >= 0.3 is 0 Å². The molecule has 2 N–H and O–H groups in total. The first-order valence-electron chi connectivity index (χ1n) is 6.25. The average Bonchev–Trinajstić information content (AvgIpc) is 2.84. The number of nitrogens with one attached hydrogen (secondary N) is 2. The van der Waals surface area contributed by atoms with Crippen LogP contribution in [0.5, 0.6) is 0 Å². The summed E-state index contributed by atoms with van der Waals surface area (Å²) >= 11 is 0. The largest absolute Gasteiger partial charge is 0.365 e. The molecule has 1 aliphatic rings. The van der Waals surface area contributed by atoms with Gasteiger partial charge in [0, 0.05) is 33.2 Å². The SMILES string of the molecule is CN=C(NC)NC1CCN(c2c(F)cccc2F)C1. The van der Waals surface area contributed by atoms with E-state index >= 15 is 0 Å². The fourth-order valence-electron chi connectivity index (χ4n) is 2.31. The number of benzene rings is 1. The molecule has 1 atom stereocenters. The summed E-state index contributed by atoms with van der Waals surface area (Å²) in [5, 5.41) is 6.13. The number of aliphatic imine (C=N–C) groups is 1. The number of rotatable bonds is 2. The second kappa shape index (κ2) is 5.86. The van der Waals surface area contributed by atoms with Crippen LogP contribution in [0.4, 0.5) is 14.5 Å². The van der Waals surface area contributed by atoms with Crippen molar-refractivity contribution in [3.8, 4) is 0 Å². The Labute approximate surface area is 111 Å². The fourth-order valence-corrected chi connectivity index (χ4v) is 2.31. The third kappa shape index (κ3) is 2.94. The average molecular weight is 268 g/mol. The van der Waals surface area contributed by atoms with E-state index in [1.165, 1.54) is 18.2 Å². The van der Waals surface area contributed by atoms with Gasteiger partial charge in [0.1, 0.15) is 17.3 Å². The Bertz CT molecular complexity index is 455. The molecule has 0 radical (unpaired) electrons. The lowest BCUT2D eigenvalue weighted by molar-refractivity contribution is 0.576. The summed E-state index contributed by atoms with van der Waals surface area (Å²) in [7, 11) is 3.46. The summed E-state index contributed by atoms with van der Waals surface area (Å²) in [5.74, 6) is -0.349. The monoisotopic (exact) mass is 268 g/mol. The first-order valence-corrected chi connectivity index (χ1v) is 6.25. The molecule has 1 heterocycles. The zero-order valence-electron chi connectivity index (χ0n) is 11.1. The molecular formula is C13H18F2N4. The molecule has 4 nitrogen and oxygen atoms in total. The zero-order chi connectivity index (χ0) is 13.8. The lowest BCUT2D eigenvalue weighted by atomic mass is 10.2. The number of nitrogens with zero attached hydrogens (tertiary/aromatic N) is 2. The third-order valence-corrected chi connectivity index (χ3v) is 3.24. The van der Waals surface area contributed by atoms with Crippen molar-refractivity contribution < 1.29 is 8.78 Å². The van der Waals surface area contributed by atoms with Crippen LogP contribution in [0.15, 0.2) is 23.2 Å². The maximum Gasteiger partial charge on any atom is 0.190 e. The van der Waals surface area contributed by atoms with Gasteiger partial charge in [-0.25, -0.2) is 8.78 Å². The Balaban J connectivity index is 2.06. The molecule has 1 aliphatic heterocycles. The van der Waals surface area contributed by atoms with E-state index < -0.39 is 11.6 Å². The van der Waals surface area contributed by atoms with E-state index in [1.807, 2.05) is 0 Å². The first kappa shape index (κ1) is 13.6. The molecule has 19 heavy (non-hydrogen) atoms. The Morgan fingerprint density at radius 1 is 1.37 bits per heavy atom. The molecular weight excluding hydrogens is 250 g/mol. The van der Waals surface area contributed by atoms with Crippen molar-refractivity contribution >= 4 is 11.6 Å². The smallest absolute Gasteiger partial charge is 0.190 e. The molecule has 1 saturated heterocycles. The van der Waals surface area contributed by atoms with Crippen molar-refractivity contribution in [3.05, 3.63) is 29.8 Å². The molecule has 1 fully saturated rings.